The number of ketones is 1. The van der Waals surface area contributed by atoms with Gasteiger partial charge in [-0.25, -0.2) is 0 Å². The van der Waals surface area contributed by atoms with Crippen LogP contribution < -0.4 is 4.90 Å². The Hall–Kier alpha value is -0.870. The van der Waals surface area contributed by atoms with E-state index in [4.69, 9.17) is 4.74 Å². The Morgan fingerprint density at radius 2 is 2.11 bits per heavy atom. The number of nitrogens with zero attached hydrogens (tertiary/aromatic N) is 1. The Labute approximate surface area is 123 Å². The van der Waals surface area contributed by atoms with Crippen molar-refractivity contribution >= 4 is 27.4 Å². The van der Waals surface area contributed by atoms with Gasteiger partial charge in [-0.3, -0.25) is 4.79 Å². The van der Waals surface area contributed by atoms with Crippen molar-refractivity contribution in [3.63, 3.8) is 0 Å². The number of carbonyl (C=O) groups excluding carboxylic acids is 1. The van der Waals surface area contributed by atoms with Gasteiger partial charge in [0.1, 0.15) is 0 Å². The van der Waals surface area contributed by atoms with Gasteiger partial charge in [0.25, 0.3) is 0 Å². The molecule has 0 unspecified atom stereocenters. The normalized spacial score (nSPS) is 16.7. The first-order valence-corrected chi connectivity index (χ1v) is 7.58. The van der Waals surface area contributed by atoms with Crippen LogP contribution in [0.5, 0.6) is 0 Å². The minimum absolute atomic E-state index is 0.0912. The molecule has 1 heterocycles. The van der Waals surface area contributed by atoms with E-state index in [1.807, 2.05) is 25.1 Å². The van der Waals surface area contributed by atoms with Crippen molar-refractivity contribution in [3.05, 3.63) is 28.2 Å². The molecule has 2 rings (SSSR count). The Balaban J connectivity index is 2.04. The van der Waals surface area contributed by atoms with E-state index in [0.29, 0.717) is 6.10 Å². The van der Waals surface area contributed by atoms with Crippen LogP contribution in [0.2, 0.25) is 0 Å². The zero-order valence-corrected chi connectivity index (χ0v) is 13.1. The monoisotopic (exact) mass is 325 g/mol. The molecule has 3 nitrogen and oxygen atoms in total. The number of piperidine rings is 1. The summed E-state index contributed by atoms with van der Waals surface area (Å²) in [6.45, 7) is 6.45. The predicted molar refractivity (Wildman–Crippen MR) is 81.0 cm³/mol. The third kappa shape index (κ3) is 3.57. The van der Waals surface area contributed by atoms with E-state index < -0.39 is 0 Å². The van der Waals surface area contributed by atoms with Gasteiger partial charge in [-0.1, -0.05) is 0 Å². The van der Waals surface area contributed by atoms with Crippen LogP contribution in [0.3, 0.4) is 0 Å². The number of hydrogen-bond acceptors (Lipinski definition) is 3. The maximum Gasteiger partial charge on any atom is 0.160 e. The molecule has 0 spiro atoms. The number of halogens is 1. The summed E-state index contributed by atoms with van der Waals surface area (Å²) in [4.78, 5) is 13.8. The fourth-order valence-electron chi connectivity index (χ4n) is 2.50. The van der Waals surface area contributed by atoms with Gasteiger partial charge >= 0.3 is 0 Å². The van der Waals surface area contributed by atoms with Crippen molar-refractivity contribution in [3.8, 4) is 0 Å². The first-order chi connectivity index (χ1) is 9.11. The smallest absolute Gasteiger partial charge is 0.160 e. The number of rotatable bonds is 4. The van der Waals surface area contributed by atoms with Gasteiger partial charge in [-0.05, 0) is 60.8 Å². The van der Waals surface area contributed by atoms with Crippen LogP contribution in [0.25, 0.3) is 0 Å². The third-order valence-corrected chi connectivity index (χ3v) is 4.20. The van der Waals surface area contributed by atoms with Gasteiger partial charge in [-0.2, -0.15) is 0 Å². The molecule has 0 atom stereocenters. The minimum Gasteiger partial charge on any atom is -0.378 e. The van der Waals surface area contributed by atoms with Crippen LogP contribution >= 0.6 is 15.9 Å². The van der Waals surface area contributed by atoms with Crippen molar-refractivity contribution < 1.29 is 9.53 Å². The Kier molecular flexibility index (Phi) is 4.99. The lowest BCUT2D eigenvalue weighted by atomic mass is 10.1. The van der Waals surface area contributed by atoms with Gasteiger partial charge in [0.05, 0.1) is 6.10 Å². The fourth-order valence-corrected chi connectivity index (χ4v) is 3.15. The molecule has 0 aliphatic carbocycles. The van der Waals surface area contributed by atoms with Gasteiger partial charge in [0.2, 0.25) is 0 Å². The molecule has 4 heteroatoms. The van der Waals surface area contributed by atoms with Gasteiger partial charge < -0.3 is 9.64 Å². The Morgan fingerprint density at radius 3 is 2.63 bits per heavy atom. The van der Waals surface area contributed by atoms with E-state index >= 15 is 0 Å². The number of Topliss-reactive ketones (excluding diaryl/α,β-unsaturated/α-hetero) is 1. The lowest BCUT2D eigenvalue weighted by Crippen LogP contribution is -2.37. The van der Waals surface area contributed by atoms with Crippen molar-refractivity contribution in [1.29, 1.82) is 0 Å². The zero-order chi connectivity index (χ0) is 13.8. The molecule has 1 aromatic rings. The van der Waals surface area contributed by atoms with Crippen LogP contribution in [0.4, 0.5) is 5.69 Å². The topological polar surface area (TPSA) is 29.5 Å². The summed E-state index contributed by atoms with van der Waals surface area (Å²) in [6, 6.07) is 5.97. The average molecular weight is 326 g/mol. The number of ether oxygens (including phenoxy) is 1. The number of anilines is 1. The maximum atomic E-state index is 11.4. The van der Waals surface area contributed by atoms with E-state index in [2.05, 4.69) is 20.8 Å². The van der Waals surface area contributed by atoms with E-state index in [1.165, 1.54) is 5.69 Å². The van der Waals surface area contributed by atoms with Crippen molar-refractivity contribution in [2.75, 3.05) is 24.6 Å². The molecule has 1 fully saturated rings. The zero-order valence-electron chi connectivity index (χ0n) is 11.5. The van der Waals surface area contributed by atoms with Crippen LogP contribution in [-0.4, -0.2) is 31.6 Å². The molecule has 19 heavy (non-hydrogen) atoms. The minimum atomic E-state index is 0.0912. The van der Waals surface area contributed by atoms with Crippen molar-refractivity contribution in [2.45, 2.75) is 32.8 Å². The summed E-state index contributed by atoms with van der Waals surface area (Å²) in [5.74, 6) is 0.0912. The quantitative estimate of drug-likeness (QED) is 0.791. The molecule has 1 aliphatic heterocycles. The molecule has 0 bridgehead atoms. The Bertz CT molecular complexity index is 453. The van der Waals surface area contributed by atoms with Gasteiger partial charge in [0.15, 0.2) is 5.78 Å². The number of benzene rings is 1. The highest BCUT2D eigenvalue weighted by atomic mass is 79.9. The van der Waals surface area contributed by atoms with Crippen LogP contribution in [-0.2, 0) is 4.74 Å². The molecule has 0 amide bonds. The molecule has 1 aromatic carbocycles. The standard InChI is InChI=1S/C15H20BrNO2/c1-3-19-13-6-8-17(9-7-13)12-4-5-14(11(2)18)15(16)10-12/h4-5,10,13H,3,6-9H2,1-2H3. The van der Waals surface area contributed by atoms with Crippen LogP contribution in [0.1, 0.15) is 37.0 Å². The second kappa shape index (κ2) is 6.53. The highest BCUT2D eigenvalue weighted by Gasteiger charge is 2.20. The molecule has 104 valence electrons. The van der Waals surface area contributed by atoms with Gasteiger partial charge in [0, 0.05) is 35.4 Å². The highest BCUT2D eigenvalue weighted by molar-refractivity contribution is 9.10. The average Bonchev–Trinajstić information content (AvgIpc) is 2.39. The molecule has 0 radical (unpaired) electrons. The SMILES string of the molecule is CCOC1CCN(c2ccc(C(C)=O)c(Br)c2)CC1. The van der Waals surface area contributed by atoms with Crippen LogP contribution in [0.15, 0.2) is 22.7 Å². The molecule has 0 saturated carbocycles. The highest BCUT2D eigenvalue weighted by Crippen LogP contribution is 2.27. The summed E-state index contributed by atoms with van der Waals surface area (Å²) >= 11 is 3.48. The largest absolute Gasteiger partial charge is 0.378 e. The molecule has 0 aromatic heterocycles. The fraction of sp³-hybridized carbons (Fsp3) is 0.533. The summed E-state index contributed by atoms with van der Waals surface area (Å²) < 4.78 is 6.54. The lowest BCUT2D eigenvalue weighted by Gasteiger charge is -2.33. The second-order valence-electron chi connectivity index (χ2n) is 4.86. The Morgan fingerprint density at radius 1 is 1.42 bits per heavy atom. The summed E-state index contributed by atoms with van der Waals surface area (Å²) in [5.41, 5.74) is 1.92. The summed E-state index contributed by atoms with van der Waals surface area (Å²) in [7, 11) is 0. The number of hydrogen-bond donors (Lipinski definition) is 0. The lowest BCUT2D eigenvalue weighted by molar-refractivity contribution is 0.0459. The summed E-state index contributed by atoms with van der Waals surface area (Å²) in [5, 5.41) is 0. The first-order valence-electron chi connectivity index (χ1n) is 6.79. The van der Waals surface area contributed by atoms with E-state index in [-0.39, 0.29) is 5.78 Å². The summed E-state index contributed by atoms with van der Waals surface area (Å²) in [6.07, 6.45) is 2.54. The van der Waals surface area contributed by atoms with Crippen LogP contribution in [0, 0.1) is 0 Å². The van der Waals surface area contributed by atoms with E-state index in [1.54, 1.807) is 6.92 Å². The first kappa shape index (κ1) is 14.5. The van der Waals surface area contributed by atoms with E-state index in [9.17, 15) is 4.79 Å². The van der Waals surface area contributed by atoms with E-state index in [0.717, 1.165) is 42.6 Å². The second-order valence-corrected chi connectivity index (χ2v) is 5.72. The number of carbonyl (C=O) groups is 1. The molecule has 1 aliphatic rings. The van der Waals surface area contributed by atoms with Crippen molar-refractivity contribution in [2.24, 2.45) is 0 Å². The maximum absolute atomic E-state index is 11.4. The molecule has 1 saturated heterocycles. The molecular formula is C15H20BrNO2. The molecular weight excluding hydrogens is 306 g/mol. The molecule has 0 N–H and O–H groups in total. The third-order valence-electron chi connectivity index (χ3n) is 3.54. The van der Waals surface area contributed by atoms with Gasteiger partial charge in [-0.15, -0.1) is 0 Å². The van der Waals surface area contributed by atoms with Crippen molar-refractivity contribution in [1.82, 2.24) is 0 Å². The predicted octanol–water partition coefficient (Wildman–Crippen LogP) is 3.66.